The largest absolute Gasteiger partial charge is 0.480 e. The normalized spacial score (nSPS) is 44.0. The number of carbonyl (C=O) groups is 2. The lowest BCUT2D eigenvalue weighted by atomic mass is 9.62. The molecule has 1 aliphatic carbocycles. The second kappa shape index (κ2) is 3.40. The van der Waals surface area contributed by atoms with Crippen LogP contribution in [-0.2, 0) is 14.3 Å². The van der Waals surface area contributed by atoms with Crippen molar-refractivity contribution >= 4 is 11.9 Å². The fraction of sp³-hybridized carbons (Fsp3) is 0.818. The number of aliphatic carboxylic acids is 1. The van der Waals surface area contributed by atoms with Gasteiger partial charge in [0.1, 0.15) is 6.10 Å². The molecule has 0 spiro atoms. The van der Waals surface area contributed by atoms with Gasteiger partial charge < -0.3 is 9.84 Å². The maximum absolute atomic E-state index is 13.7. The number of hydrogen-bond acceptors (Lipinski definition) is 3. The molecule has 17 heavy (non-hydrogen) atoms. The number of halogens is 2. The third-order valence-electron chi connectivity index (χ3n) is 4.08. The molecule has 0 aromatic carbocycles. The zero-order valence-electron chi connectivity index (χ0n) is 9.57. The van der Waals surface area contributed by atoms with Crippen molar-refractivity contribution in [3.63, 3.8) is 0 Å². The van der Waals surface area contributed by atoms with Gasteiger partial charge in [-0.25, -0.2) is 8.78 Å². The molecule has 0 aromatic heterocycles. The number of fused-ring (bicyclic) bond motifs is 1. The van der Waals surface area contributed by atoms with Gasteiger partial charge in [-0.2, -0.15) is 0 Å². The summed E-state index contributed by atoms with van der Waals surface area (Å²) in [6.45, 7) is 2.94. The first-order valence-electron chi connectivity index (χ1n) is 5.54. The molecule has 2 aliphatic rings. The van der Waals surface area contributed by atoms with Gasteiger partial charge in [-0.3, -0.25) is 9.59 Å². The van der Waals surface area contributed by atoms with Crippen LogP contribution >= 0.6 is 0 Å². The molecule has 1 heterocycles. The van der Waals surface area contributed by atoms with E-state index in [1.165, 1.54) is 6.92 Å². The van der Waals surface area contributed by atoms with Crippen LogP contribution in [0.3, 0.4) is 0 Å². The Balaban J connectivity index is 2.47. The molecule has 0 bridgehead atoms. The van der Waals surface area contributed by atoms with Gasteiger partial charge in [0, 0.05) is 18.3 Å². The van der Waals surface area contributed by atoms with Crippen LogP contribution in [0.15, 0.2) is 0 Å². The molecular formula is C11H14F2O4. The molecule has 96 valence electrons. The monoisotopic (exact) mass is 248 g/mol. The van der Waals surface area contributed by atoms with E-state index in [-0.39, 0.29) is 6.42 Å². The van der Waals surface area contributed by atoms with E-state index >= 15 is 0 Å². The van der Waals surface area contributed by atoms with Crippen LogP contribution < -0.4 is 0 Å². The Morgan fingerprint density at radius 3 is 2.59 bits per heavy atom. The Kier molecular flexibility index (Phi) is 2.45. The van der Waals surface area contributed by atoms with Crippen molar-refractivity contribution in [1.29, 1.82) is 0 Å². The molecule has 2 rings (SSSR count). The Bertz CT molecular complexity index is 382. The van der Waals surface area contributed by atoms with Gasteiger partial charge in [0.2, 0.25) is 0 Å². The predicted molar refractivity (Wildman–Crippen MR) is 52.5 cm³/mol. The van der Waals surface area contributed by atoms with Crippen molar-refractivity contribution in [2.75, 3.05) is 0 Å². The van der Waals surface area contributed by atoms with Gasteiger partial charge in [0.05, 0.1) is 0 Å². The van der Waals surface area contributed by atoms with E-state index < -0.39 is 47.6 Å². The summed E-state index contributed by atoms with van der Waals surface area (Å²) in [4.78, 5) is 22.9. The molecule has 1 N–H and O–H groups in total. The number of carboxylic acid groups (broad SMARTS) is 1. The second-order valence-corrected chi connectivity index (χ2v) is 5.07. The maximum Gasteiger partial charge on any atom is 0.324 e. The van der Waals surface area contributed by atoms with E-state index in [2.05, 4.69) is 0 Å². The number of hydrogen-bond donors (Lipinski definition) is 1. The summed E-state index contributed by atoms with van der Waals surface area (Å²) >= 11 is 0. The highest BCUT2D eigenvalue weighted by atomic mass is 19.3. The van der Waals surface area contributed by atoms with E-state index in [9.17, 15) is 23.5 Å². The minimum absolute atomic E-state index is 0.00773. The summed E-state index contributed by atoms with van der Waals surface area (Å²) in [5.74, 6) is -7.26. The molecule has 3 unspecified atom stereocenters. The molecule has 1 aliphatic heterocycles. The van der Waals surface area contributed by atoms with Gasteiger partial charge >= 0.3 is 11.9 Å². The summed E-state index contributed by atoms with van der Waals surface area (Å²) in [6.07, 6.45) is -1.58. The highest BCUT2D eigenvalue weighted by Crippen LogP contribution is 2.56. The van der Waals surface area contributed by atoms with Crippen molar-refractivity contribution in [3.8, 4) is 0 Å². The number of carboxylic acids is 1. The summed E-state index contributed by atoms with van der Waals surface area (Å²) in [6, 6.07) is 0. The highest BCUT2D eigenvalue weighted by molar-refractivity contribution is 6.01. The van der Waals surface area contributed by atoms with Gasteiger partial charge in [-0.1, -0.05) is 6.92 Å². The maximum atomic E-state index is 13.7. The Morgan fingerprint density at radius 2 is 2.06 bits per heavy atom. The van der Waals surface area contributed by atoms with Crippen LogP contribution in [0.2, 0.25) is 0 Å². The van der Waals surface area contributed by atoms with Crippen molar-refractivity contribution in [2.45, 2.75) is 38.7 Å². The van der Waals surface area contributed by atoms with Crippen molar-refractivity contribution < 1.29 is 28.2 Å². The van der Waals surface area contributed by atoms with E-state index in [0.29, 0.717) is 0 Å². The van der Waals surface area contributed by atoms with Crippen LogP contribution in [0.4, 0.5) is 8.78 Å². The molecule has 1 saturated carbocycles. The number of esters is 1. The standard InChI is InChI=1S/C11H14F2O4/c1-5-3-7-6(2)17-9(16)10(7,8(14)15)4-11(5,12)13/h5-7H,3-4H2,1-2H3,(H,14,15)/t5?,6?,7?,10-/m1/s1. The fourth-order valence-electron chi connectivity index (χ4n) is 2.93. The van der Waals surface area contributed by atoms with Crippen LogP contribution in [0.5, 0.6) is 0 Å². The number of carbonyl (C=O) groups excluding carboxylic acids is 1. The molecule has 0 radical (unpaired) electrons. The summed E-state index contributed by atoms with van der Waals surface area (Å²) in [7, 11) is 0. The average Bonchev–Trinajstić information content (AvgIpc) is 2.41. The minimum Gasteiger partial charge on any atom is -0.480 e. The minimum atomic E-state index is -3.14. The summed E-state index contributed by atoms with van der Waals surface area (Å²) < 4.78 is 32.2. The number of rotatable bonds is 1. The van der Waals surface area contributed by atoms with Crippen LogP contribution in [-0.4, -0.2) is 29.1 Å². The molecular weight excluding hydrogens is 234 g/mol. The van der Waals surface area contributed by atoms with Crippen LogP contribution in [0, 0.1) is 17.3 Å². The first kappa shape index (κ1) is 12.3. The number of alkyl halides is 2. The summed E-state index contributed by atoms with van der Waals surface area (Å²) in [5, 5.41) is 9.17. The van der Waals surface area contributed by atoms with Gasteiger partial charge in [0.15, 0.2) is 5.41 Å². The zero-order valence-corrected chi connectivity index (χ0v) is 9.57. The second-order valence-electron chi connectivity index (χ2n) is 5.07. The Morgan fingerprint density at radius 1 is 1.47 bits per heavy atom. The fourth-order valence-corrected chi connectivity index (χ4v) is 2.93. The first-order chi connectivity index (χ1) is 7.71. The lowest BCUT2D eigenvalue weighted by Gasteiger charge is -2.40. The highest BCUT2D eigenvalue weighted by Gasteiger charge is 2.69. The zero-order chi connectivity index (χ0) is 13.0. The molecule has 6 heteroatoms. The Hall–Kier alpha value is -1.20. The summed E-state index contributed by atoms with van der Waals surface area (Å²) in [5.41, 5.74) is -2.06. The van der Waals surface area contributed by atoms with Gasteiger partial charge in [-0.15, -0.1) is 0 Å². The third kappa shape index (κ3) is 1.46. The molecule has 1 saturated heterocycles. The van der Waals surface area contributed by atoms with Gasteiger partial charge in [0.25, 0.3) is 5.92 Å². The van der Waals surface area contributed by atoms with Crippen molar-refractivity contribution in [2.24, 2.45) is 17.3 Å². The quantitative estimate of drug-likeness (QED) is 0.566. The van der Waals surface area contributed by atoms with Crippen LogP contribution in [0.25, 0.3) is 0 Å². The smallest absolute Gasteiger partial charge is 0.324 e. The SMILES string of the molecule is CC1OC(=O)[C@]2(C(=O)O)CC(F)(F)C(C)CC12. The predicted octanol–water partition coefficient (Wildman–Crippen LogP) is 1.68. The van der Waals surface area contributed by atoms with E-state index in [1.807, 2.05) is 0 Å². The average molecular weight is 248 g/mol. The molecule has 0 amide bonds. The Labute approximate surface area is 96.9 Å². The number of cyclic esters (lactones) is 1. The van der Waals surface area contributed by atoms with Crippen molar-refractivity contribution in [3.05, 3.63) is 0 Å². The molecule has 2 fully saturated rings. The topological polar surface area (TPSA) is 63.6 Å². The number of ether oxygens (including phenoxy) is 1. The molecule has 4 atom stereocenters. The van der Waals surface area contributed by atoms with E-state index in [4.69, 9.17) is 4.74 Å². The van der Waals surface area contributed by atoms with Crippen molar-refractivity contribution in [1.82, 2.24) is 0 Å². The third-order valence-corrected chi connectivity index (χ3v) is 4.08. The van der Waals surface area contributed by atoms with Gasteiger partial charge in [-0.05, 0) is 13.3 Å². The van der Waals surface area contributed by atoms with E-state index in [0.717, 1.165) is 0 Å². The lowest BCUT2D eigenvalue weighted by Crippen LogP contribution is -2.53. The molecule has 4 nitrogen and oxygen atoms in total. The lowest BCUT2D eigenvalue weighted by molar-refractivity contribution is -0.182. The van der Waals surface area contributed by atoms with Crippen LogP contribution in [0.1, 0.15) is 26.7 Å². The molecule has 0 aromatic rings. The van der Waals surface area contributed by atoms with E-state index in [1.54, 1.807) is 6.92 Å². The first-order valence-corrected chi connectivity index (χ1v) is 5.54.